The topological polar surface area (TPSA) is 117 Å². The van der Waals surface area contributed by atoms with E-state index in [1.807, 2.05) is 13.8 Å². The number of benzene rings is 1. The number of amides is 2. The highest BCUT2D eigenvalue weighted by Crippen LogP contribution is 2.24. The molecule has 3 N–H and O–H groups in total. The van der Waals surface area contributed by atoms with Crippen molar-refractivity contribution < 1.29 is 29.0 Å². The van der Waals surface area contributed by atoms with Crippen LogP contribution in [0.3, 0.4) is 0 Å². The molecular weight excluding hydrogens is 364 g/mol. The van der Waals surface area contributed by atoms with Gasteiger partial charge >= 0.3 is 5.97 Å². The van der Waals surface area contributed by atoms with Crippen molar-refractivity contribution in [2.24, 2.45) is 5.92 Å². The Balaban J connectivity index is 1.84. The fourth-order valence-electron chi connectivity index (χ4n) is 2.79. The van der Waals surface area contributed by atoms with Crippen molar-refractivity contribution in [3.05, 3.63) is 29.8 Å². The molecule has 3 unspecified atom stereocenters. The molecule has 1 aromatic carbocycles. The Morgan fingerprint density at radius 1 is 1.18 bits per heavy atom. The van der Waals surface area contributed by atoms with Gasteiger partial charge in [-0.1, -0.05) is 26.0 Å². The van der Waals surface area contributed by atoms with Crippen LogP contribution in [-0.4, -0.2) is 54.3 Å². The van der Waals surface area contributed by atoms with Gasteiger partial charge in [0.05, 0.1) is 6.61 Å². The van der Waals surface area contributed by atoms with E-state index in [1.54, 1.807) is 31.2 Å². The first-order chi connectivity index (χ1) is 13.3. The number of epoxide rings is 1. The van der Waals surface area contributed by atoms with Gasteiger partial charge in [0.1, 0.15) is 11.8 Å². The predicted octanol–water partition coefficient (Wildman–Crippen LogP) is 0.912. The summed E-state index contributed by atoms with van der Waals surface area (Å²) in [4.78, 5) is 36.4. The van der Waals surface area contributed by atoms with Crippen molar-refractivity contribution in [3.63, 3.8) is 0 Å². The van der Waals surface area contributed by atoms with Crippen molar-refractivity contribution in [1.29, 1.82) is 0 Å². The second kappa shape index (κ2) is 10.1. The van der Waals surface area contributed by atoms with Gasteiger partial charge in [0.25, 0.3) is 5.91 Å². The molecule has 0 aromatic heterocycles. The zero-order chi connectivity index (χ0) is 20.7. The number of phenolic OH excluding ortho intramolecular Hbond substituents is 1. The van der Waals surface area contributed by atoms with E-state index in [0.717, 1.165) is 5.56 Å². The van der Waals surface area contributed by atoms with Crippen LogP contribution in [-0.2, 0) is 30.3 Å². The van der Waals surface area contributed by atoms with E-state index in [-0.39, 0.29) is 24.2 Å². The predicted molar refractivity (Wildman–Crippen MR) is 102 cm³/mol. The fraction of sp³-hybridized carbons (Fsp3) is 0.550. The minimum atomic E-state index is -0.904. The second-order valence-corrected chi connectivity index (χ2v) is 7.13. The molecule has 154 valence electrons. The monoisotopic (exact) mass is 392 g/mol. The maximum absolute atomic E-state index is 12.5. The summed E-state index contributed by atoms with van der Waals surface area (Å²) in [6, 6.07) is 6.05. The third-order valence-corrected chi connectivity index (χ3v) is 4.26. The molecule has 1 heterocycles. The molecule has 0 aliphatic carbocycles. The normalized spacial score (nSPS) is 19.0. The van der Waals surface area contributed by atoms with Gasteiger partial charge in [-0.05, 0) is 43.4 Å². The van der Waals surface area contributed by atoms with E-state index in [2.05, 4.69) is 10.6 Å². The summed E-state index contributed by atoms with van der Waals surface area (Å²) < 4.78 is 9.92. The first-order valence-corrected chi connectivity index (χ1v) is 9.49. The summed E-state index contributed by atoms with van der Waals surface area (Å²) in [5.74, 6) is -0.960. The number of esters is 1. The molecule has 8 nitrogen and oxygen atoms in total. The van der Waals surface area contributed by atoms with Crippen LogP contribution in [0, 0.1) is 5.92 Å². The molecule has 8 heteroatoms. The number of phenols is 1. The summed E-state index contributed by atoms with van der Waals surface area (Å²) in [5.41, 5.74) is 0.978. The molecule has 0 saturated carbocycles. The molecule has 1 aromatic rings. The lowest BCUT2D eigenvalue weighted by molar-refractivity contribution is -0.144. The van der Waals surface area contributed by atoms with Crippen LogP contribution >= 0.6 is 0 Å². The molecule has 2 rings (SSSR count). The standard InChI is InChI=1S/C20H28N2O6/c1-4-27-20(26)17-16(28-17)19(25)22-15(11-12(2)3)18(24)21-10-9-13-5-7-14(23)8-6-13/h5-8,12,15-17,23H,4,9-11H2,1-3H3,(H,21,24)(H,22,25). The zero-order valence-corrected chi connectivity index (χ0v) is 16.4. The van der Waals surface area contributed by atoms with Crippen LogP contribution in [0.5, 0.6) is 5.75 Å². The molecule has 0 bridgehead atoms. The van der Waals surface area contributed by atoms with E-state index >= 15 is 0 Å². The highest BCUT2D eigenvalue weighted by molar-refractivity contribution is 5.95. The van der Waals surface area contributed by atoms with Gasteiger partial charge in [-0.15, -0.1) is 0 Å². The quantitative estimate of drug-likeness (QED) is 0.403. The average Bonchev–Trinajstić information content (AvgIpc) is 3.43. The number of carbonyl (C=O) groups excluding carboxylic acids is 3. The number of nitrogens with one attached hydrogen (secondary N) is 2. The summed E-state index contributed by atoms with van der Waals surface area (Å²) in [6.07, 6.45) is -0.728. The lowest BCUT2D eigenvalue weighted by Gasteiger charge is -2.20. The molecule has 0 radical (unpaired) electrons. The lowest BCUT2D eigenvalue weighted by atomic mass is 10.0. The Labute approximate surface area is 164 Å². The summed E-state index contributed by atoms with van der Waals surface area (Å²) in [7, 11) is 0. The van der Waals surface area contributed by atoms with Gasteiger partial charge in [-0.25, -0.2) is 4.79 Å². The summed E-state index contributed by atoms with van der Waals surface area (Å²) in [6.45, 7) is 6.21. The maximum Gasteiger partial charge on any atom is 0.338 e. The molecule has 1 aliphatic rings. The SMILES string of the molecule is CCOC(=O)C1OC1C(=O)NC(CC(C)C)C(=O)NCCc1ccc(O)cc1. The van der Waals surface area contributed by atoms with Crippen molar-refractivity contribution >= 4 is 17.8 Å². The van der Waals surface area contributed by atoms with E-state index in [9.17, 15) is 19.5 Å². The number of carbonyl (C=O) groups is 3. The van der Waals surface area contributed by atoms with Crippen LogP contribution in [0.15, 0.2) is 24.3 Å². The third kappa shape index (κ3) is 6.53. The van der Waals surface area contributed by atoms with Gasteiger partial charge in [0.2, 0.25) is 5.91 Å². The number of rotatable bonds is 10. The van der Waals surface area contributed by atoms with Gasteiger partial charge in [0, 0.05) is 6.54 Å². The van der Waals surface area contributed by atoms with Gasteiger partial charge < -0.3 is 25.2 Å². The van der Waals surface area contributed by atoms with E-state index < -0.39 is 30.1 Å². The van der Waals surface area contributed by atoms with Crippen molar-refractivity contribution in [3.8, 4) is 5.75 Å². The molecule has 28 heavy (non-hydrogen) atoms. The third-order valence-electron chi connectivity index (χ3n) is 4.26. The number of hydrogen-bond acceptors (Lipinski definition) is 6. The van der Waals surface area contributed by atoms with Crippen LogP contribution < -0.4 is 10.6 Å². The molecule has 1 fully saturated rings. The Kier molecular flexibility index (Phi) is 7.80. The number of aromatic hydroxyl groups is 1. The Morgan fingerprint density at radius 3 is 2.46 bits per heavy atom. The first kappa shape index (κ1) is 21.7. The van der Waals surface area contributed by atoms with Crippen molar-refractivity contribution in [2.45, 2.75) is 51.9 Å². The molecule has 2 amide bonds. The fourth-order valence-corrected chi connectivity index (χ4v) is 2.79. The highest BCUT2D eigenvalue weighted by Gasteiger charge is 2.52. The maximum atomic E-state index is 12.5. The molecule has 3 atom stereocenters. The lowest BCUT2D eigenvalue weighted by Crippen LogP contribution is -2.49. The molecule has 0 spiro atoms. The number of hydrogen-bond donors (Lipinski definition) is 3. The van der Waals surface area contributed by atoms with Crippen molar-refractivity contribution in [1.82, 2.24) is 10.6 Å². The Morgan fingerprint density at radius 2 is 1.86 bits per heavy atom. The Bertz CT molecular complexity index is 688. The van der Waals surface area contributed by atoms with Crippen LogP contribution in [0.2, 0.25) is 0 Å². The summed E-state index contributed by atoms with van der Waals surface area (Å²) >= 11 is 0. The highest BCUT2D eigenvalue weighted by atomic mass is 16.6. The van der Waals surface area contributed by atoms with Crippen LogP contribution in [0.4, 0.5) is 0 Å². The minimum Gasteiger partial charge on any atom is -0.508 e. The van der Waals surface area contributed by atoms with Crippen molar-refractivity contribution in [2.75, 3.05) is 13.2 Å². The molecule has 1 saturated heterocycles. The van der Waals surface area contributed by atoms with Gasteiger partial charge in [-0.3, -0.25) is 9.59 Å². The zero-order valence-electron chi connectivity index (χ0n) is 16.4. The van der Waals surface area contributed by atoms with Crippen LogP contribution in [0.1, 0.15) is 32.8 Å². The van der Waals surface area contributed by atoms with E-state index in [1.165, 1.54) is 0 Å². The Hall–Kier alpha value is -2.61. The van der Waals surface area contributed by atoms with E-state index in [0.29, 0.717) is 19.4 Å². The smallest absolute Gasteiger partial charge is 0.338 e. The van der Waals surface area contributed by atoms with Gasteiger partial charge in [0.15, 0.2) is 12.2 Å². The summed E-state index contributed by atoms with van der Waals surface area (Å²) in [5, 5.41) is 14.8. The van der Waals surface area contributed by atoms with Gasteiger partial charge in [-0.2, -0.15) is 0 Å². The molecular formula is C20H28N2O6. The largest absolute Gasteiger partial charge is 0.508 e. The average molecular weight is 392 g/mol. The van der Waals surface area contributed by atoms with E-state index in [4.69, 9.17) is 9.47 Å². The van der Waals surface area contributed by atoms with Crippen LogP contribution in [0.25, 0.3) is 0 Å². The first-order valence-electron chi connectivity index (χ1n) is 9.49. The molecule has 1 aliphatic heterocycles. The minimum absolute atomic E-state index is 0.189. The second-order valence-electron chi connectivity index (χ2n) is 7.13. The number of ether oxygens (including phenoxy) is 2.